The summed E-state index contributed by atoms with van der Waals surface area (Å²) in [7, 11) is -3.66. The van der Waals surface area contributed by atoms with Crippen molar-refractivity contribution in [3.05, 3.63) is 47.5 Å². The molecule has 0 saturated carbocycles. The number of carbonyl (C=O) groups is 1. The molecule has 0 aromatic heterocycles. The van der Waals surface area contributed by atoms with Gasteiger partial charge in [0.25, 0.3) is 0 Å². The SMILES string of the molecule is Cc1ccc(OCCC(=O)Nc2cc(S(=O)(=O)N3CCOCC3)ccc2N2CCCC2)c(C)c1. The number of sulfonamides is 1. The molecule has 2 aromatic rings. The predicted molar refractivity (Wildman–Crippen MR) is 132 cm³/mol. The van der Waals surface area contributed by atoms with E-state index in [0.717, 1.165) is 48.5 Å². The zero-order chi connectivity index (χ0) is 24.1. The Labute approximate surface area is 201 Å². The third kappa shape index (κ3) is 5.71. The molecule has 2 aromatic carbocycles. The molecular formula is C25H33N3O5S. The summed E-state index contributed by atoms with van der Waals surface area (Å²) in [4.78, 5) is 15.2. The number of nitrogens with zero attached hydrogens (tertiary/aromatic N) is 2. The quantitative estimate of drug-likeness (QED) is 0.615. The van der Waals surface area contributed by atoms with Crippen LogP contribution in [0.25, 0.3) is 0 Å². The molecule has 0 bridgehead atoms. The average Bonchev–Trinajstić information content (AvgIpc) is 3.36. The normalized spacial score (nSPS) is 17.1. The minimum atomic E-state index is -3.66. The van der Waals surface area contributed by atoms with Crippen LogP contribution in [0.15, 0.2) is 41.3 Å². The lowest BCUT2D eigenvalue weighted by molar-refractivity contribution is -0.116. The van der Waals surface area contributed by atoms with Crippen LogP contribution in [0.4, 0.5) is 11.4 Å². The summed E-state index contributed by atoms with van der Waals surface area (Å²) >= 11 is 0. The third-order valence-corrected chi connectivity index (χ3v) is 8.11. The van der Waals surface area contributed by atoms with Crippen LogP contribution in [0, 0.1) is 13.8 Å². The van der Waals surface area contributed by atoms with Gasteiger partial charge in [0, 0.05) is 26.2 Å². The molecule has 1 N–H and O–H groups in total. The maximum Gasteiger partial charge on any atom is 0.243 e. The van der Waals surface area contributed by atoms with E-state index in [1.807, 2.05) is 32.0 Å². The molecule has 2 fully saturated rings. The van der Waals surface area contributed by atoms with Crippen molar-refractivity contribution in [2.75, 3.05) is 56.2 Å². The Kier molecular flexibility index (Phi) is 7.75. The van der Waals surface area contributed by atoms with Crippen LogP contribution in [0.3, 0.4) is 0 Å². The summed E-state index contributed by atoms with van der Waals surface area (Å²) in [6.07, 6.45) is 2.31. The summed E-state index contributed by atoms with van der Waals surface area (Å²) in [5.41, 5.74) is 3.55. The Morgan fingerprint density at radius 2 is 1.76 bits per heavy atom. The van der Waals surface area contributed by atoms with Crippen molar-refractivity contribution in [3.63, 3.8) is 0 Å². The number of benzene rings is 2. The molecular weight excluding hydrogens is 454 g/mol. The Hall–Kier alpha value is -2.62. The topological polar surface area (TPSA) is 88.2 Å². The number of morpholine rings is 1. The largest absolute Gasteiger partial charge is 0.493 e. The Balaban J connectivity index is 1.48. The molecule has 8 nitrogen and oxygen atoms in total. The van der Waals surface area contributed by atoms with E-state index in [0.29, 0.717) is 32.0 Å². The zero-order valence-corrected chi connectivity index (χ0v) is 20.7. The highest BCUT2D eigenvalue weighted by Gasteiger charge is 2.28. The van der Waals surface area contributed by atoms with Crippen molar-refractivity contribution >= 4 is 27.3 Å². The number of carbonyl (C=O) groups excluding carboxylic acids is 1. The van der Waals surface area contributed by atoms with E-state index in [4.69, 9.17) is 9.47 Å². The molecule has 0 unspecified atom stereocenters. The first-order valence-electron chi connectivity index (χ1n) is 11.8. The van der Waals surface area contributed by atoms with Crippen molar-refractivity contribution in [1.29, 1.82) is 0 Å². The van der Waals surface area contributed by atoms with E-state index in [1.54, 1.807) is 18.2 Å². The zero-order valence-electron chi connectivity index (χ0n) is 19.9. The van der Waals surface area contributed by atoms with Crippen molar-refractivity contribution in [2.45, 2.75) is 38.0 Å². The average molecular weight is 488 g/mol. The lowest BCUT2D eigenvalue weighted by Gasteiger charge is -2.27. The summed E-state index contributed by atoms with van der Waals surface area (Å²) < 4.78 is 38.9. The highest BCUT2D eigenvalue weighted by molar-refractivity contribution is 7.89. The number of aryl methyl sites for hydroxylation is 2. The van der Waals surface area contributed by atoms with Crippen LogP contribution in [-0.4, -0.2) is 64.6 Å². The third-order valence-electron chi connectivity index (χ3n) is 6.21. The minimum absolute atomic E-state index is 0.160. The summed E-state index contributed by atoms with van der Waals surface area (Å²) in [6, 6.07) is 11.0. The van der Waals surface area contributed by atoms with Gasteiger partial charge < -0.3 is 19.7 Å². The molecule has 9 heteroatoms. The van der Waals surface area contributed by atoms with E-state index in [1.165, 1.54) is 4.31 Å². The molecule has 0 aliphatic carbocycles. The maximum atomic E-state index is 13.2. The Morgan fingerprint density at radius 3 is 2.47 bits per heavy atom. The highest BCUT2D eigenvalue weighted by atomic mass is 32.2. The lowest BCUT2D eigenvalue weighted by Crippen LogP contribution is -2.40. The first kappa shape index (κ1) is 24.5. The molecule has 184 valence electrons. The fourth-order valence-electron chi connectivity index (χ4n) is 4.37. The molecule has 2 saturated heterocycles. The highest BCUT2D eigenvalue weighted by Crippen LogP contribution is 2.32. The second-order valence-corrected chi connectivity index (χ2v) is 10.7. The van der Waals surface area contributed by atoms with E-state index in [2.05, 4.69) is 10.2 Å². The molecule has 2 aliphatic rings. The van der Waals surface area contributed by atoms with Crippen LogP contribution < -0.4 is 15.0 Å². The number of hydrogen-bond donors (Lipinski definition) is 1. The standard InChI is InChI=1S/C25H33N3O5S/c1-19-5-8-24(20(2)17-19)33-14-9-25(29)26-22-18-21(6-7-23(22)27-10-3-4-11-27)34(30,31)28-12-15-32-16-13-28/h5-8,17-18H,3-4,9-16H2,1-2H3,(H,26,29). The molecule has 0 atom stereocenters. The van der Waals surface area contributed by atoms with Gasteiger partial charge >= 0.3 is 0 Å². The lowest BCUT2D eigenvalue weighted by atomic mass is 10.1. The van der Waals surface area contributed by atoms with Crippen molar-refractivity contribution < 1.29 is 22.7 Å². The van der Waals surface area contributed by atoms with E-state index in [9.17, 15) is 13.2 Å². The van der Waals surface area contributed by atoms with Crippen molar-refractivity contribution in [3.8, 4) is 5.75 Å². The predicted octanol–water partition coefficient (Wildman–Crippen LogP) is 3.33. The Morgan fingerprint density at radius 1 is 1.03 bits per heavy atom. The molecule has 1 amide bonds. The molecule has 4 rings (SSSR count). The number of rotatable bonds is 8. The van der Waals surface area contributed by atoms with Gasteiger partial charge in [-0.2, -0.15) is 4.31 Å². The van der Waals surface area contributed by atoms with Gasteiger partial charge in [-0.25, -0.2) is 8.42 Å². The monoisotopic (exact) mass is 487 g/mol. The second kappa shape index (κ2) is 10.8. The smallest absolute Gasteiger partial charge is 0.243 e. The fraction of sp³-hybridized carbons (Fsp3) is 0.480. The molecule has 2 heterocycles. The second-order valence-electron chi connectivity index (χ2n) is 8.81. The van der Waals surface area contributed by atoms with Gasteiger partial charge in [-0.3, -0.25) is 4.79 Å². The fourth-order valence-corrected chi connectivity index (χ4v) is 5.81. The van der Waals surface area contributed by atoms with Gasteiger partial charge in [0.2, 0.25) is 15.9 Å². The first-order valence-corrected chi connectivity index (χ1v) is 13.3. The van der Waals surface area contributed by atoms with E-state index in [-0.39, 0.29) is 23.8 Å². The number of nitrogens with one attached hydrogen (secondary N) is 1. The number of amides is 1. The van der Waals surface area contributed by atoms with Gasteiger partial charge in [-0.15, -0.1) is 0 Å². The van der Waals surface area contributed by atoms with Crippen LogP contribution in [0.1, 0.15) is 30.4 Å². The summed E-state index contributed by atoms with van der Waals surface area (Å²) in [5, 5.41) is 2.94. The number of ether oxygens (including phenoxy) is 2. The molecule has 0 radical (unpaired) electrons. The molecule has 34 heavy (non-hydrogen) atoms. The van der Waals surface area contributed by atoms with Crippen molar-refractivity contribution in [1.82, 2.24) is 4.31 Å². The van der Waals surface area contributed by atoms with E-state index >= 15 is 0 Å². The van der Waals surface area contributed by atoms with Crippen LogP contribution in [0.2, 0.25) is 0 Å². The summed E-state index contributed by atoms with van der Waals surface area (Å²) in [6.45, 7) is 7.43. The first-order chi connectivity index (χ1) is 16.3. The van der Waals surface area contributed by atoms with Crippen molar-refractivity contribution in [2.24, 2.45) is 0 Å². The number of anilines is 2. The van der Waals surface area contributed by atoms with Gasteiger partial charge in [0.05, 0.1) is 42.5 Å². The molecule has 2 aliphatic heterocycles. The van der Waals surface area contributed by atoms with E-state index < -0.39 is 10.0 Å². The number of hydrogen-bond acceptors (Lipinski definition) is 6. The summed E-state index contributed by atoms with van der Waals surface area (Å²) in [5.74, 6) is 0.542. The van der Waals surface area contributed by atoms with Gasteiger partial charge in [0.1, 0.15) is 5.75 Å². The molecule has 0 spiro atoms. The minimum Gasteiger partial charge on any atom is -0.493 e. The van der Waals surface area contributed by atoms with Gasteiger partial charge in [-0.05, 0) is 56.5 Å². The Bertz CT molecular complexity index is 1120. The van der Waals surface area contributed by atoms with Gasteiger partial charge in [-0.1, -0.05) is 17.7 Å². The van der Waals surface area contributed by atoms with Crippen LogP contribution >= 0.6 is 0 Å². The maximum absolute atomic E-state index is 13.2. The van der Waals surface area contributed by atoms with Crippen LogP contribution in [-0.2, 0) is 19.6 Å². The van der Waals surface area contributed by atoms with Gasteiger partial charge in [0.15, 0.2) is 0 Å². The van der Waals surface area contributed by atoms with Crippen LogP contribution in [0.5, 0.6) is 5.75 Å².